The molecule has 13 heteroatoms. The quantitative estimate of drug-likeness (QED) is 0.435. The van der Waals surface area contributed by atoms with Crippen molar-refractivity contribution < 1.29 is 60.5 Å². The molecule has 0 aromatic heterocycles. The molecule has 0 spiro atoms. The Kier molecular flexibility index (Phi) is 24.7. The first-order chi connectivity index (χ1) is 10.9. The monoisotopic (exact) mass is 465 g/mol. The van der Waals surface area contributed by atoms with Crippen LogP contribution in [-0.4, -0.2) is 53.0 Å². The Bertz CT molecular complexity index is 372. The molecule has 0 saturated heterocycles. The van der Waals surface area contributed by atoms with Gasteiger partial charge in [-0.05, 0) is 20.8 Å². The Morgan fingerprint density at radius 3 is 0.760 bits per heavy atom. The van der Waals surface area contributed by atoms with Gasteiger partial charge in [-0.1, -0.05) is 20.8 Å². The van der Waals surface area contributed by atoms with Gasteiger partial charge >= 0.3 is 22.8 Å². The van der Waals surface area contributed by atoms with Crippen molar-refractivity contribution in [3.8, 4) is 0 Å². The fourth-order valence-corrected chi connectivity index (χ4v) is 2.64. The van der Waals surface area contributed by atoms with Gasteiger partial charge in [-0.2, -0.15) is 0 Å². The van der Waals surface area contributed by atoms with Crippen molar-refractivity contribution in [2.24, 2.45) is 0 Å². The van der Waals surface area contributed by atoms with E-state index in [0.717, 1.165) is 0 Å². The summed E-state index contributed by atoms with van der Waals surface area (Å²) >= 11 is 0. The molecule has 0 rings (SSSR count). The van der Waals surface area contributed by atoms with Gasteiger partial charge in [-0.15, -0.1) is 0 Å². The van der Waals surface area contributed by atoms with Gasteiger partial charge in [0.2, 0.25) is 0 Å². The first-order valence-corrected chi connectivity index (χ1v) is 13.0. The van der Waals surface area contributed by atoms with Crippen LogP contribution in [0.2, 0.25) is 0 Å². The summed E-state index contributed by atoms with van der Waals surface area (Å²) < 4.78 is 45.0. The van der Waals surface area contributed by atoms with Gasteiger partial charge in [0.1, 0.15) is 0 Å². The molecule has 0 aromatic carbocycles. The van der Waals surface area contributed by atoms with E-state index in [1.54, 1.807) is 41.5 Å². The zero-order valence-electron chi connectivity index (χ0n) is 15.8. The minimum atomic E-state index is -3.17. The van der Waals surface area contributed by atoms with Crippen LogP contribution in [-0.2, 0) is 45.8 Å². The number of hydrogen-bond acceptors (Lipinski definition) is 6. The molecule has 0 aliphatic carbocycles. The van der Waals surface area contributed by atoms with E-state index in [9.17, 15) is 13.7 Å². The van der Waals surface area contributed by atoms with Crippen LogP contribution in [0.25, 0.3) is 0 Å². The predicted molar refractivity (Wildman–Crippen MR) is 96.0 cm³/mol. The summed E-state index contributed by atoms with van der Waals surface area (Å²) in [5.41, 5.74) is 0. The minimum absolute atomic E-state index is 0. The number of hydrogen-bond donors (Lipinski definition) is 3. The van der Waals surface area contributed by atoms with E-state index in [-0.39, 0.29) is 37.0 Å². The molecule has 0 aromatic rings. The van der Waals surface area contributed by atoms with Crippen LogP contribution in [0.5, 0.6) is 0 Å². The van der Waals surface area contributed by atoms with Crippen LogP contribution in [0, 0.1) is 0 Å². The van der Waals surface area contributed by atoms with Gasteiger partial charge in [0.05, 0.1) is 19.8 Å². The molecule has 25 heavy (non-hydrogen) atoms. The Morgan fingerprint density at radius 1 is 0.560 bits per heavy atom. The molecule has 155 valence electrons. The number of rotatable bonds is 9. The molecule has 3 N–H and O–H groups in total. The summed E-state index contributed by atoms with van der Waals surface area (Å²) in [5, 5.41) is 0. The van der Waals surface area contributed by atoms with Crippen LogP contribution in [0.1, 0.15) is 41.5 Å². The van der Waals surface area contributed by atoms with Crippen LogP contribution in [0.15, 0.2) is 0 Å². The van der Waals surface area contributed by atoms with Gasteiger partial charge in [0.25, 0.3) is 0 Å². The van der Waals surface area contributed by atoms with Crippen molar-refractivity contribution in [3.05, 3.63) is 0 Å². The topological polar surface area (TPSA) is 140 Å². The van der Waals surface area contributed by atoms with E-state index in [2.05, 4.69) is 13.6 Å². The third kappa shape index (κ3) is 27.4. The second-order valence-electron chi connectivity index (χ2n) is 4.11. The SMILES string of the molecule is CCOP(=O)(O)CC.CCOP(=O)(O)CC.CCOP(=O)(O)CC.[V]. The van der Waals surface area contributed by atoms with E-state index in [1.807, 2.05) is 0 Å². The van der Waals surface area contributed by atoms with Crippen LogP contribution < -0.4 is 0 Å². The van der Waals surface area contributed by atoms with E-state index >= 15 is 0 Å². The standard InChI is InChI=1S/3C4H11O3P.V/c3*1-3-7-8(5,6)4-2;/h3*3-4H2,1-2H3,(H,5,6);. The van der Waals surface area contributed by atoms with Gasteiger partial charge in [-0.3, -0.25) is 13.7 Å². The molecular weight excluding hydrogens is 432 g/mol. The molecule has 0 amide bonds. The Hall–Kier alpha value is 1.03. The molecule has 0 aliphatic rings. The van der Waals surface area contributed by atoms with Gasteiger partial charge in [0, 0.05) is 37.0 Å². The van der Waals surface area contributed by atoms with Crippen LogP contribution in [0.4, 0.5) is 0 Å². The van der Waals surface area contributed by atoms with Gasteiger partial charge in [-0.25, -0.2) is 0 Å². The minimum Gasteiger partial charge on any atom is -0.324 e. The maximum absolute atomic E-state index is 10.5. The fraction of sp³-hybridized carbons (Fsp3) is 1.00. The average molecular weight is 465 g/mol. The molecule has 0 saturated carbocycles. The molecule has 0 bridgehead atoms. The second-order valence-corrected chi connectivity index (χ2v) is 10.6. The normalized spacial score (nSPS) is 17.2. The molecule has 0 fully saturated rings. The van der Waals surface area contributed by atoms with Crippen molar-refractivity contribution >= 4 is 22.8 Å². The zero-order chi connectivity index (χ0) is 19.9. The van der Waals surface area contributed by atoms with Gasteiger partial charge < -0.3 is 28.3 Å². The molecule has 1 radical (unpaired) electrons. The summed E-state index contributed by atoms with van der Waals surface area (Å²) in [6, 6.07) is 0. The molecule has 3 atom stereocenters. The fourth-order valence-electron chi connectivity index (χ4n) is 0.879. The molecule has 0 aliphatic heterocycles. The zero-order valence-corrected chi connectivity index (χ0v) is 19.9. The largest absolute Gasteiger partial charge is 0.327 e. The maximum Gasteiger partial charge on any atom is 0.327 e. The first-order valence-electron chi connectivity index (χ1n) is 7.75. The third-order valence-electron chi connectivity index (χ3n) is 2.19. The van der Waals surface area contributed by atoms with Gasteiger partial charge in [0.15, 0.2) is 0 Å². The second kappa shape index (κ2) is 18.4. The summed E-state index contributed by atoms with van der Waals surface area (Å²) in [6.07, 6.45) is 0.586. The van der Waals surface area contributed by atoms with Crippen LogP contribution >= 0.6 is 22.8 Å². The maximum atomic E-state index is 10.5. The summed E-state index contributed by atoms with van der Waals surface area (Å²) in [6.45, 7) is 10.9. The van der Waals surface area contributed by atoms with Crippen molar-refractivity contribution in [2.45, 2.75) is 41.5 Å². The van der Waals surface area contributed by atoms with Crippen LogP contribution in [0.3, 0.4) is 0 Å². The Labute approximate surface area is 163 Å². The Balaban J connectivity index is -0.000000130. The van der Waals surface area contributed by atoms with E-state index in [4.69, 9.17) is 14.7 Å². The van der Waals surface area contributed by atoms with E-state index in [0.29, 0.717) is 19.8 Å². The van der Waals surface area contributed by atoms with E-state index < -0.39 is 22.8 Å². The Morgan fingerprint density at radius 2 is 0.720 bits per heavy atom. The van der Waals surface area contributed by atoms with E-state index in [1.165, 1.54) is 0 Å². The first kappa shape index (κ1) is 33.6. The molecular formula is C12H33O9P3V. The summed E-state index contributed by atoms with van der Waals surface area (Å²) in [4.78, 5) is 26.0. The molecule has 0 heterocycles. The summed E-state index contributed by atoms with van der Waals surface area (Å²) in [7, 11) is -9.52. The smallest absolute Gasteiger partial charge is 0.324 e. The molecule has 9 nitrogen and oxygen atoms in total. The van der Waals surface area contributed by atoms with Crippen molar-refractivity contribution in [1.82, 2.24) is 0 Å². The van der Waals surface area contributed by atoms with Crippen molar-refractivity contribution in [1.29, 1.82) is 0 Å². The summed E-state index contributed by atoms with van der Waals surface area (Å²) in [5.74, 6) is 0. The predicted octanol–water partition coefficient (Wildman–Crippen LogP) is 3.68. The third-order valence-corrected chi connectivity index (χ3v) is 6.57. The van der Waals surface area contributed by atoms with Crippen molar-refractivity contribution in [2.75, 3.05) is 38.3 Å². The van der Waals surface area contributed by atoms with Crippen molar-refractivity contribution in [3.63, 3.8) is 0 Å². The molecule has 3 unspecified atom stereocenters. The average Bonchev–Trinajstić information content (AvgIpc) is 2.48.